The zero-order valence-electron chi connectivity index (χ0n) is 22.1. The number of nitrogens with zero attached hydrogens (tertiary/aromatic N) is 2. The van der Waals surface area contributed by atoms with Gasteiger partial charge in [-0.25, -0.2) is 0 Å². The predicted molar refractivity (Wildman–Crippen MR) is 149 cm³/mol. The molecule has 2 N–H and O–H groups in total. The number of anilines is 1. The monoisotopic (exact) mass is 554 g/mol. The molecule has 0 saturated carbocycles. The molecule has 7 nitrogen and oxygen atoms in total. The van der Waals surface area contributed by atoms with Gasteiger partial charge in [-0.05, 0) is 48.8 Å². The lowest BCUT2D eigenvalue weighted by molar-refractivity contribution is -0.150. The SMILES string of the molecule is C=CCN1C(=O)[C@]2(O[C@H](CC(=O)N3Cc4ccccc4C[C@H]3CO)[C@@H]([Si](C)(C)O)[C@@H]2C)c2cc(Cl)ccc21. The van der Waals surface area contributed by atoms with Gasteiger partial charge in [-0.3, -0.25) is 9.59 Å². The first-order chi connectivity index (χ1) is 18.0. The van der Waals surface area contributed by atoms with Crippen molar-refractivity contribution in [3.05, 3.63) is 76.8 Å². The molecule has 1 spiro atoms. The van der Waals surface area contributed by atoms with Crippen molar-refractivity contribution < 1.29 is 24.2 Å². The van der Waals surface area contributed by atoms with Gasteiger partial charge in [-0.1, -0.05) is 48.9 Å². The van der Waals surface area contributed by atoms with Crippen molar-refractivity contribution in [2.75, 3.05) is 18.1 Å². The van der Waals surface area contributed by atoms with Gasteiger partial charge >= 0.3 is 0 Å². The number of ether oxygens (including phenoxy) is 1. The van der Waals surface area contributed by atoms with Crippen molar-refractivity contribution in [2.45, 2.75) is 62.7 Å². The molecule has 1 saturated heterocycles. The van der Waals surface area contributed by atoms with Gasteiger partial charge in [-0.2, -0.15) is 0 Å². The molecule has 2 aromatic rings. The fourth-order valence-electron chi connectivity index (χ4n) is 6.89. The molecule has 0 bridgehead atoms. The molecule has 2 amide bonds. The summed E-state index contributed by atoms with van der Waals surface area (Å²) in [5.41, 5.74) is 1.84. The summed E-state index contributed by atoms with van der Waals surface area (Å²) in [5.74, 6) is -0.765. The van der Waals surface area contributed by atoms with Crippen LogP contribution in [0, 0.1) is 5.92 Å². The molecule has 0 aromatic heterocycles. The van der Waals surface area contributed by atoms with E-state index in [0.29, 0.717) is 35.8 Å². The van der Waals surface area contributed by atoms with Gasteiger partial charge in [0.25, 0.3) is 5.91 Å². The van der Waals surface area contributed by atoms with Crippen molar-refractivity contribution >= 4 is 37.4 Å². The maximum atomic E-state index is 14.1. The van der Waals surface area contributed by atoms with E-state index in [-0.39, 0.29) is 42.3 Å². The molecule has 9 heteroatoms. The molecule has 0 radical (unpaired) electrons. The highest BCUT2D eigenvalue weighted by molar-refractivity contribution is 6.71. The third kappa shape index (κ3) is 4.23. The van der Waals surface area contributed by atoms with Gasteiger partial charge in [0, 0.05) is 35.1 Å². The van der Waals surface area contributed by atoms with Crippen LogP contribution in [-0.2, 0) is 32.9 Å². The molecular weight excluding hydrogens is 520 g/mol. The Kier molecular flexibility index (Phi) is 7.07. The Morgan fingerprint density at radius 3 is 2.63 bits per heavy atom. The van der Waals surface area contributed by atoms with Crippen LogP contribution in [0.25, 0.3) is 0 Å². The number of rotatable bonds is 6. The normalized spacial score (nSPS) is 28.5. The number of hydrogen-bond acceptors (Lipinski definition) is 5. The summed E-state index contributed by atoms with van der Waals surface area (Å²) in [5, 5.41) is 10.6. The number of fused-ring (bicyclic) bond motifs is 3. The van der Waals surface area contributed by atoms with Gasteiger partial charge in [0.05, 0.1) is 30.9 Å². The third-order valence-corrected chi connectivity index (χ3v) is 11.3. The molecule has 3 aliphatic heterocycles. The zero-order valence-corrected chi connectivity index (χ0v) is 23.8. The minimum Gasteiger partial charge on any atom is -0.432 e. The van der Waals surface area contributed by atoms with Gasteiger partial charge in [-0.15, -0.1) is 6.58 Å². The number of hydrogen-bond donors (Lipinski definition) is 2. The van der Waals surface area contributed by atoms with Crippen LogP contribution in [0.15, 0.2) is 55.1 Å². The highest BCUT2D eigenvalue weighted by atomic mass is 35.5. The van der Waals surface area contributed by atoms with Crippen LogP contribution in [0.4, 0.5) is 5.69 Å². The molecule has 3 aliphatic rings. The Balaban J connectivity index is 1.51. The highest BCUT2D eigenvalue weighted by Crippen LogP contribution is 2.60. The van der Waals surface area contributed by atoms with E-state index in [2.05, 4.69) is 6.58 Å². The minimum absolute atomic E-state index is 0.0110. The largest absolute Gasteiger partial charge is 0.432 e. The maximum Gasteiger partial charge on any atom is 0.264 e. The number of benzene rings is 2. The van der Waals surface area contributed by atoms with Crippen molar-refractivity contribution in [3.63, 3.8) is 0 Å². The van der Waals surface area contributed by atoms with Crippen molar-refractivity contribution in [1.82, 2.24) is 4.90 Å². The Hall–Kier alpha value is -2.49. The van der Waals surface area contributed by atoms with Crippen LogP contribution in [-0.4, -0.2) is 60.2 Å². The molecule has 3 heterocycles. The second-order valence-corrected chi connectivity index (χ2v) is 15.7. The molecule has 2 aromatic carbocycles. The molecule has 5 rings (SSSR count). The first-order valence-corrected chi connectivity index (χ1v) is 16.5. The van der Waals surface area contributed by atoms with Gasteiger partial charge in [0.2, 0.25) is 5.91 Å². The summed E-state index contributed by atoms with van der Waals surface area (Å²) in [6, 6.07) is 12.9. The van der Waals surface area contributed by atoms with E-state index in [9.17, 15) is 19.5 Å². The smallest absolute Gasteiger partial charge is 0.264 e. The quantitative estimate of drug-likeness (QED) is 0.416. The van der Waals surface area contributed by atoms with Crippen LogP contribution in [0.3, 0.4) is 0 Å². The van der Waals surface area contributed by atoms with E-state index in [4.69, 9.17) is 16.3 Å². The second-order valence-electron chi connectivity index (χ2n) is 11.3. The summed E-state index contributed by atoms with van der Waals surface area (Å²) in [6.45, 7) is 9.99. The van der Waals surface area contributed by atoms with Gasteiger partial charge < -0.3 is 24.4 Å². The molecule has 38 heavy (non-hydrogen) atoms. The summed E-state index contributed by atoms with van der Waals surface area (Å²) < 4.78 is 6.71. The molecule has 0 aliphatic carbocycles. The predicted octanol–water partition coefficient (Wildman–Crippen LogP) is 4.01. The summed E-state index contributed by atoms with van der Waals surface area (Å²) in [7, 11) is -2.92. The third-order valence-electron chi connectivity index (χ3n) is 8.52. The molecule has 1 fully saturated rings. The highest BCUT2D eigenvalue weighted by Gasteiger charge is 2.66. The summed E-state index contributed by atoms with van der Waals surface area (Å²) in [4.78, 5) is 42.7. The lowest BCUT2D eigenvalue weighted by Gasteiger charge is -2.37. The Bertz CT molecular complexity index is 1280. The van der Waals surface area contributed by atoms with Gasteiger partial charge in [0.15, 0.2) is 13.9 Å². The molecule has 0 unspecified atom stereocenters. The van der Waals surface area contributed by atoms with Crippen molar-refractivity contribution in [3.8, 4) is 0 Å². The fourth-order valence-corrected chi connectivity index (χ4v) is 9.62. The molecule has 5 atom stereocenters. The van der Waals surface area contributed by atoms with E-state index in [1.54, 1.807) is 28.0 Å². The van der Waals surface area contributed by atoms with Gasteiger partial charge in [0.1, 0.15) is 0 Å². The molecular formula is C29H35ClN2O5Si. The Labute approximate surface area is 229 Å². The van der Waals surface area contributed by atoms with E-state index >= 15 is 0 Å². The van der Waals surface area contributed by atoms with Crippen LogP contribution >= 0.6 is 11.6 Å². The first-order valence-electron chi connectivity index (χ1n) is 13.1. The number of aliphatic hydroxyl groups excluding tert-OH is 1. The van der Waals surface area contributed by atoms with E-state index in [1.165, 1.54) is 0 Å². The maximum absolute atomic E-state index is 14.1. The van der Waals surface area contributed by atoms with Crippen LogP contribution < -0.4 is 4.90 Å². The fraction of sp³-hybridized carbons (Fsp3) is 0.448. The minimum atomic E-state index is -2.92. The molecule has 202 valence electrons. The summed E-state index contributed by atoms with van der Waals surface area (Å²) >= 11 is 6.40. The zero-order chi connectivity index (χ0) is 27.4. The van der Waals surface area contributed by atoms with E-state index in [1.807, 2.05) is 50.3 Å². The topological polar surface area (TPSA) is 90.3 Å². The first kappa shape index (κ1) is 27.1. The van der Waals surface area contributed by atoms with E-state index in [0.717, 1.165) is 11.1 Å². The number of carbonyl (C=O) groups excluding carboxylic acids is 2. The Morgan fingerprint density at radius 1 is 1.26 bits per heavy atom. The Morgan fingerprint density at radius 2 is 1.97 bits per heavy atom. The number of aliphatic hydroxyl groups is 1. The second kappa shape index (κ2) is 9.92. The average Bonchev–Trinajstić information content (AvgIpc) is 3.29. The van der Waals surface area contributed by atoms with Crippen molar-refractivity contribution in [1.29, 1.82) is 0 Å². The lowest BCUT2D eigenvalue weighted by Crippen LogP contribution is -2.48. The van der Waals surface area contributed by atoms with E-state index < -0.39 is 20.0 Å². The van der Waals surface area contributed by atoms with Crippen LogP contribution in [0.1, 0.15) is 30.0 Å². The van der Waals surface area contributed by atoms with Crippen LogP contribution in [0.5, 0.6) is 0 Å². The number of halogens is 1. The van der Waals surface area contributed by atoms with Crippen LogP contribution in [0.2, 0.25) is 23.7 Å². The van der Waals surface area contributed by atoms with Crippen molar-refractivity contribution in [2.24, 2.45) is 5.92 Å². The number of carbonyl (C=O) groups is 2. The summed E-state index contributed by atoms with van der Waals surface area (Å²) in [6.07, 6.45) is 1.59. The lowest BCUT2D eigenvalue weighted by atomic mass is 9.82. The average molecular weight is 555 g/mol. The number of amides is 2. The standard InChI is InChI=1S/C29H35ClN2O5Si/c1-5-12-31-24-11-10-21(30)14-23(24)29(28(31)35)18(2)27(38(3,4)36)25(37-29)15-26(34)32-16-20-9-7-6-8-19(20)13-22(32)17-33/h5-11,14,18,22,25,27,33,36H,1,12-13,15-17H2,2-4H3/t18-,22-,25+,27-,29+/m0/s1.